The maximum Gasteiger partial charge on any atom is 0.239 e. The lowest BCUT2D eigenvalue weighted by Gasteiger charge is -2.20. The number of nitrogens with one attached hydrogen (secondary N) is 1. The van der Waals surface area contributed by atoms with Crippen molar-refractivity contribution in [3.05, 3.63) is 17.0 Å². The molecule has 6 nitrogen and oxygen atoms in total. The van der Waals surface area contributed by atoms with Gasteiger partial charge in [-0.3, -0.25) is 9.59 Å². The molecule has 19 heavy (non-hydrogen) atoms. The Balaban J connectivity index is 2.67. The van der Waals surface area contributed by atoms with Gasteiger partial charge in [0.05, 0.1) is 18.7 Å². The lowest BCUT2D eigenvalue weighted by Crippen LogP contribution is -2.41. The van der Waals surface area contributed by atoms with Crippen LogP contribution in [0.3, 0.4) is 0 Å². The highest BCUT2D eigenvalue weighted by molar-refractivity contribution is 5.85. The quantitative estimate of drug-likeness (QED) is 0.828. The molecule has 1 rings (SSSR count). The summed E-state index contributed by atoms with van der Waals surface area (Å²) in [6, 6.07) is 0. The van der Waals surface area contributed by atoms with Crippen LogP contribution in [0.15, 0.2) is 4.52 Å². The van der Waals surface area contributed by atoms with E-state index in [1.807, 2.05) is 13.8 Å². The molecule has 0 unspecified atom stereocenters. The molecule has 1 N–H and O–H groups in total. The molecule has 0 saturated heterocycles. The van der Waals surface area contributed by atoms with Crippen molar-refractivity contribution in [3.8, 4) is 0 Å². The second kappa shape index (κ2) is 6.92. The smallest absolute Gasteiger partial charge is 0.239 e. The van der Waals surface area contributed by atoms with Gasteiger partial charge in [-0.2, -0.15) is 0 Å². The molecule has 6 heteroatoms. The predicted octanol–water partition coefficient (Wildman–Crippen LogP) is 0.819. The first-order valence-electron chi connectivity index (χ1n) is 6.45. The van der Waals surface area contributed by atoms with Crippen LogP contribution in [-0.4, -0.2) is 41.5 Å². The number of hydrogen-bond donors (Lipinski definition) is 1. The Morgan fingerprint density at radius 1 is 1.32 bits per heavy atom. The van der Waals surface area contributed by atoms with Crippen LogP contribution in [0.2, 0.25) is 0 Å². The standard InChI is InChI=1S/C13H21N3O3/c1-5-14-12(17)8-16(6-2)13(18)7-11-9(3)15-19-10(11)4/h5-8H2,1-4H3,(H,14,17). The number of amides is 2. The fraction of sp³-hybridized carbons (Fsp3) is 0.615. The normalized spacial score (nSPS) is 10.3. The number of aryl methyl sites for hydroxylation is 2. The minimum absolute atomic E-state index is 0.0898. The molecule has 0 aliphatic carbocycles. The Bertz CT molecular complexity index is 434. The molecule has 1 aromatic heterocycles. The van der Waals surface area contributed by atoms with Crippen LogP contribution in [0.25, 0.3) is 0 Å². The minimum atomic E-state index is -0.142. The summed E-state index contributed by atoms with van der Waals surface area (Å²) in [5.41, 5.74) is 1.53. The Morgan fingerprint density at radius 2 is 2.00 bits per heavy atom. The van der Waals surface area contributed by atoms with Crippen molar-refractivity contribution in [2.75, 3.05) is 19.6 Å². The second-order valence-electron chi connectivity index (χ2n) is 4.34. The van der Waals surface area contributed by atoms with Gasteiger partial charge in [0.15, 0.2) is 0 Å². The van der Waals surface area contributed by atoms with Crippen LogP contribution in [-0.2, 0) is 16.0 Å². The van der Waals surface area contributed by atoms with Crippen LogP contribution < -0.4 is 5.32 Å². The number of likely N-dealkylation sites (N-methyl/N-ethyl adjacent to an activating group) is 2. The van der Waals surface area contributed by atoms with Crippen molar-refractivity contribution in [1.82, 2.24) is 15.4 Å². The fourth-order valence-electron chi connectivity index (χ4n) is 1.82. The number of carbonyl (C=O) groups is 2. The van der Waals surface area contributed by atoms with Crippen molar-refractivity contribution in [2.24, 2.45) is 0 Å². The molecule has 0 radical (unpaired) electrons. The topological polar surface area (TPSA) is 75.4 Å². The molecule has 0 aromatic carbocycles. The maximum absolute atomic E-state index is 12.2. The summed E-state index contributed by atoms with van der Waals surface area (Å²) in [6.45, 7) is 8.44. The number of hydrogen-bond acceptors (Lipinski definition) is 4. The van der Waals surface area contributed by atoms with E-state index in [4.69, 9.17) is 4.52 Å². The molecule has 0 fully saturated rings. The summed E-state index contributed by atoms with van der Waals surface area (Å²) in [6.07, 6.45) is 0.217. The van der Waals surface area contributed by atoms with E-state index in [0.717, 1.165) is 11.3 Å². The summed E-state index contributed by atoms with van der Waals surface area (Å²) in [7, 11) is 0. The first-order valence-corrected chi connectivity index (χ1v) is 6.45. The van der Waals surface area contributed by atoms with Crippen LogP contribution in [0, 0.1) is 13.8 Å². The van der Waals surface area contributed by atoms with Gasteiger partial charge >= 0.3 is 0 Å². The van der Waals surface area contributed by atoms with E-state index in [1.165, 1.54) is 4.90 Å². The fourth-order valence-corrected chi connectivity index (χ4v) is 1.82. The van der Waals surface area contributed by atoms with Crippen LogP contribution in [0.4, 0.5) is 0 Å². The van der Waals surface area contributed by atoms with Gasteiger partial charge in [-0.15, -0.1) is 0 Å². The molecule has 106 valence electrons. The molecule has 0 atom stereocenters. The number of carbonyl (C=O) groups excluding carboxylic acids is 2. The maximum atomic E-state index is 12.2. The average molecular weight is 267 g/mol. The van der Waals surface area contributed by atoms with E-state index in [1.54, 1.807) is 13.8 Å². The van der Waals surface area contributed by atoms with Crippen LogP contribution >= 0.6 is 0 Å². The van der Waals surface area contributed by atoms with Gasteiger partial charge in [-0.05, 0) is 27.7 Å². The van der Waals surface area contributed by atoms with Crippen LogP contribution in [0.1, 0.15) is 30.9 Å². The molecule has 1 aromatic rings. The second-order valence-corrected chi connectivity index (χ2v) is 4.34. The predicted molar refractivity (Wildman–Crippen MR) is 70.6 cm³/mol. The summed E-state index contributed by atoms with van der Waals surface area (Å²) in [5.74, 6) is 0.416. The highest BCUT2D eigenvalue weighted by atomic mass is 16.5. The first-order chi connectivity index (χ1) is 8.99. The molecule has 0 spiro atoms. The minimum Gasteiger partial charge on any atom is -0.361 e. The van der Waals surface area contributed by atoms with Crippen LogP contribution in [0.5, 0.6) is 0 Å². The van der Waals surface area contributed by atoms with Crippen molar-refractivity contribution in [1.29, 1.82) is 0 Å². The lowest BCUT2D eigenvalue weighted by atomic mass is 10.1. The van der Waals surface area contributed by atoms with E-state index in [0.29, 0.717) is 18.8 Å². The monoisotopic (exact) mass is 267 g/mol. The zero-order valence-corrected chi connectivity index (χ0v) is 11.9. The molecule has 0 aliphatic heterocycles. The Labute approximate surface area is 113 Å². The summed E-state index contributed by atoms with van der Waals surface area (Å²) < 4.78 is 5.03. The third-order valence-electron chi connectivity index (χ3n) is 2.95. The van der Waals surface area contributed by atoms with E-state index >= 15 is 0 Å². The molecule has 0 aliphatic rings. The third-order valence-corrected chi connectivity index (χ3v) is 2.95. The zero-order chi connectivity index (χ0) is 14.4. The summed E-state index contributed by atoms with van der Waals surface area (Å²) >= 11 is 0. The molecular formula is C13H21N3O3. The molecule has 0 bridgehead atoms. The van der Waals surface area contributed by atoms with Gasteiger partial charge in [-0.1, -0.05) is 5.16 Å². The molecule has 0 saturated carbocycles. The van der Waals surface area contributed by atoms with Gasteiger partial charge in [0.2, 0.25) is 11.8 Å². The van der Waals surface area contributed by atoms with Gasteiger partial charge in [-0.25, -0.2) is 0 Å². The Morgan fingerprint density at radius 3 is 2.47 bits per heavy atom. The number of aromatic nitrogens is 1. The summed E-state index contributed by atoms with van der Waals surface area (Å²) in [4.78, 5) is 25.2. The highest BCUT2D eigenvalue weighted by Gasteiger charge is 2.19. The van der Waals surface area contributed by atoms with Gasteiger partial charge < -0.3 is 14.7 Å². The van der Waals surface area contributed by atoms with E-state index < -0.39 is 0 Å². The average Bonchev–Trinajstić information content (AvgIpc) is 2.68. The van der Waals surface area contributed by atoms with Crippen molar-refractivity contribution in [3.63, 3.8) is 0 Å². The largest absolute Gasteiger partial charge is 0.361 e. The van der Waals surface area contributed by atoms with Gasteiger partial charge in [0.1, 0.15) is 5.76 Å². The van der Waals surface area contributed by atoms with Gasteiger partial charge in [0.25, 0.3) is 0 Å². The lowest BCUT2D eigenvalue weighted by molar-refractivity contribution is -0.135. The van der Waals surface area contributed by atoms with E-state index in [-0.39, 0.29) is 24.8 Å². The number of rotatable bonds is 6. The Hall–Kier alpha value is -1.85. The zero-order valence-electron chi connectivity index (χ0n) is 11.9. The summed E-state index contributed by atoms with van der Waals surface area (Å²) in [5, 5.41) is 6.50. The van der Waals surface area contributed by atoms with E-state index in [9.17, 15) is 9.59 Å². The molecule has 2 amide bonds. The highest BCUT2D eigenvalue weighted by Crippen LogP contribution is 2.13. The van der Waals surface area contributed by atoms with Crippen molar-refractivity contribution in [2.45, 2.75) is 34.1 Å². The van der Waals surface area contributed by atoms with Crippen molar-refractivity contribution >= 4 is 11.8 Å². The Kier molecular flexibility index (Phi) is 5.54. The van der Waals surface area contributed by atoms with Gasteiger partial charge in [0, 0.05) is 18.7 Å². The van der Waals surface area contributed by atoms with Crippen molar-refractivity contribution < 1.29 is 14.1 Å². The third kappa shape index (κ3) is 4.08. The molecule has 1 heterocycles. The molecular weight excluding hydrogens is 246 g/mol. The number of nitrogens with zero attached hydrogens (tertiary/aromatic N) is 2. The van der Waals surface area contributed by atoms with E-state index in [2.05, 4.69) is 10.5 Å². The first kappa shape index (κ1) is 15.2. The SMILES string of the molecule is CCNC(=O)CN(CC)C(=O)Cc1c(C)noc1C.